The van der Waals surface area contributed by atoms with Gasteiger partial charge in [0.1, 0.15) is 0 Å². The van der Waals surface area contributed by atoms with E-state index in [0.29, 0.717) is 0 Å². The lowest BCUT2D eigenvalue weighted by molar-refractivity contribution is 0.125. The summed E-state index contributed by atoms with van der Waals surface area (Å²) in [6.45, 7) is 3.10. The standard InChI is InChI=1S/C13H23N3O/c1-3-11-10(9-16(2)15-11)13(17)12-7-5-4-6-8-14-12/h9,12-14,17H,3-8H2,1-2H3. The van der Waals surface area contributed by atoms with Gasteiger partial charge in [-0.1, -0.05) is 19.8 Å². The van der Waals surface area contributed by atoms with Gasteiger partial charge in [0.2, 0.25) is 0 Å². The molecule has 2 unspecified atom stereocenters. The number of aliphatic hydroxyl groups excluding tert-OH is 1. The average Bonchev–Trinajstić information content (AvgIpc) is 2.55. The fraction of sp³-hybridized carbons (Fsp3) is 0.769. The van der Waals surface area contributed by atoms with Crippen LogP contribution in [0.5, 0.6) is 0 Å². The molecule has 1 aromatic heterocycles. The zero-order valence-corrected chi connectivity index (χ0v) is 10.8. The Morgan fingerprint density at radius 2 is 2.35 bits per heavy atom. The zero-order valence-electron chi connectivity index (χ0n) is 10.8. The van der Waals surface area contributed by atoms with Crippen molar-refractivity contribution in [1.29, 1.82) is 0 Å². The molecule has 0 spiro atoms. The number of aromatic nitrogens is 2. The van der Waals surface area contributed by atoms with E-state index in [-0.39, 0.29) is 6.04 Å². The Balaban J connectivity index is 2.13. The van der Waals surface area contributed by atoms with Crippen molar-refractivity contribution < 1.29 is 5.11 Å². The topological polar surface area (TPSA) is 50.1 Å². The van der Waals surface area contributed by atoms with E-state index in [1.165, 1.54) is 19.3 Å². The Kier molecular flexibility index (Phi) is 4.18. The van der Waals surface area contributed by atoms with Gasteiger partial charge in [0.05, 0.1) is 11.8 Å². The van der Waals surface area contributed by atoms with E-state index in [9.17, 15) is 5.11 Å². The molecule has 4 nitrogen and oxygen atoms in total. The summed E-state index contributed by atoms with van der Waals surface area (Å²) in [4.78, 5) is 0. The lowest BCUT2D eigenvalue weighted by Gasteiger charge is -2.22. The molecule has 0 radical (unpaired) electrons. The van der Waals surface area contributed by atoms with Crippen LogP contribution in [-0.2, 0) is 13.5 Å². The third-order valence-electron chi connectivity index (χ3n) is 3.57. The summed E-state index contributed by atoms with van der Waals surface area (Å²) in [6, 6.07) is 0.187. The van der Waals surface area contributed by atoms with Crippen LogP contribution in [-0.4, -0.2) is 27.5 Å². The number of nitrogens with one attached hydrogen (secondary N) is 1. The van der Waals surface area contributed by atoms with Crippen molar-refractivity contribution in [3.05, 3.63) is 17.5 Å². The maximum absolute atomic E-state index is 10.5. The van der Waals surface area contributed by atoms with E-state index < -0.39 is 6.10 Å². The number of nitrogens with zero attached hydrogens (tertiary/aromatic N) is 2. The normalized spacial score (nSPS) is 23.4. The second kappa shape index (κ2) is 5.65. The summed E-state index contributed by atoms with van der Waals surface area (Å²) in [5, 5.41) is 18.3. The molecule has 2 heterocycles. The molecule has 1 aliphatic rings. The second-order valence-corrected chi connectivity index (χ2v) is 4.91. The molecule has 4 heteroatoms. The molecule has 1 fully saturated rings. The van der Waals surface area contributed by atoms with E-state index in [4.69, 9.17) is 0 Å². The van der Waals surface area contributed by atoms with E-state index >= 15 is 0 Å². The van der Waals surface area contributed by atoms with E-state index in [1.807, 2.05) is 13.2 Å². The van der Waals surface area contributed by atoms with E-state index in [0.717, 1.165) is 30.6 Å². The molecule has 0 saturated carbocycles. The van der Waals surface area contributed by atoms with E-state index in [2.05, 4.69) is 17.3 Å². The molecular formula is C13H23N3O. The van der Waals surface area contributed by atoms with Crippen molar-refractivity contribution >= 4 is 0 Å². The Morgan fingerprint density at radius 1 is 1.53 bits per heavy atom. The highest BCUT2D eigenvalue weighted by molar-refractivity contribution is 5.21. The molecule has 0 bridgehead atoms. The molecule has 96 valence electrons. The lowest BCUT2D eigenvalue weighted by atomic mass is 9.98. The van der Waals surface area contributed by atoms with Crippen LogP contribution < -0.4 is 5.32 Å². The first-order valence-corrected chi connectivity index (χ1v) is 6.66. The zero-order chi connectivity index (χ0) is 12.3. The van der Waals surface area contributed by atoms with Gasteiger partial charge in [-0.2, -0.15) is 5.10 Å². The average molecular weight is 237 g/mol. The summed E-state index contributed by atoms with van der Waals surface area (Å²) in [7, 11) is 1.91. The third-order valence-corrected chi connectivity index (χ3v) is 3.57. The molecule has 1 aliphatic heterocycles. The van der Waals surface area contributed by atoms with Crippen LogP contribution in [0, 0.1) is 0 Å². The van der Waals surface area contributed by atoms with E-state index in [1.54, 1.807) is 4.68 Å². The van der Waals surface area contributed by atoms with Crippen molar-refractivity contribution in [2.75, 3.05) is 6.54 Å². The first kappa shape index (κ1) is 12.6. The summed E-state index contributed by atoms with van der Waals surface area (Å²) >= 11 is 0. The molecule has 2 N–H and O–H groups in total. The van der Waals surface area contributed by atoms with Crippen LogP contribution in [0.25, 0.3) is 0 Å². The molecule has 0 aliphatic carbocycles. The van der Waals surface area contributed by atoms with Gasteiger partial charge < -0.3 is 10.4 Å². The Morgan fingerprint density at radius 3 is 3.12 bits per heavy atom. The number of aliphatic hydroxyl groups is 1. The second-order valence-electron chi connectivity index (χ2n) is 4.91. The third kappa shape index (κ3) is 2.87. The van der Waals surface area contributed by atoms with Crippen molar-refractivity contribution in [3.63, 3.8) is 0 Å². The molecule has 2 rings (SSSR count). The first-order valence-electron chi connectivity index (χ1n) is 6.66. The monoisotopic (exact) mass is 237 g/mol. The maximum atomic E-state index is 10.5. The van der Waals surface area contributed by atoms with Crippen LogP contribution in [0.4, 0.5) is 0 Å². The highest BCUT2D eigenvalue weighted by Gasteiger charge is 2.25. The summed E-state index contributed by atoms with van der Waals surface area (Å²) < 4.78 is 1.80. The minimum Gasteiger partial charge on any atom is -0.387 e. The summed E-state index contributed by atoms with van der Waals surface area (Å²) in [6.07, 6.45) is 7.16. The van der Waals surface area contributed by atoms with Gasteiger partial charge >= 0.3 is 0 Å². The van der Waals surface area contributed by atoms with Crippen molar-refractivity contribution in [2.24, 2.45) is 7.05 Å². The number of rotatable bonds is 3. The summed E-state index contributed by atoms with van der Waals surface area (Å²) in [5.74, 6) is 0. The van der Waals surface area contributed by atoms with Gasteiger partial charge in [0.25, 0.3) is 0 Å². The Labute approximate surface area is 103 Å². The number of hydrogen-bond donors (Lipinski definition) is 2. The van der Waals surface area contributed by atoms with Gasteiger partial charge in [-0.05, 0) is 25.8 Å². The molecule has 17 heavy (non-hydrogen) atoms. The van der Waals surface area contributed by atoms with Gasteiger partial charge in [-0.25, -0.2) is 0 Å². The quantitative estimate of drug-likeness (QED) is 0.838. The van der Waals surface area contributed by atoms with Gasteiger partial charge in [-0.3, -0.25) is 4.68 Å². The molecular weight excluding hydrogens is 214 g/mol. The lowest BCUT2D eigenvalue weighted by Crippen LogP contribution is -2.34. The van der Waals surface area contributed by atoms with Crippen molar-refractivity contribution in [3.8, 4) is 0 Å². The highest BCUT2D eigenvalue weighted by atomic mass is 16.3. The first-order chi connectivity index (χ1) is 8.22. The molecule has 1 saturated heterocycles. The van der Waals surface area contributed by atoms with Crippen LogP contribution >= 0.6 is 0 Å². The molecule has 2 atom stereocenters. The van der Waals surface area contributed by atoms with Gasteiger partial charge in [0, 0.05) is 24.8 Å². The summed E-state index contributed by atoms with van der Waals surface area (Å²) in [5.41, 5.74) is 2.01. The van der Waals surface area contributed by atoms with Crippen molar-refractivity contribution in [1.82, 2.24) is 15.1 Å². The number of hydrogen-bond acceptors (Lipinski definition) is 3. The van der Waals surface area contributed by atoms with Gasteiger partial charge in [-0.15, -0.1) is 0 Å². The van der Waals surface area contributed by atoms with Crippen LogP contribution in [0.1, 0.15) is 50.0 Å². The predicted molar refractivity (Wildman–Crippen MR) is 67.8 cm³/mol. The SMILES string of the molecule is CCc1nn(C)cc1C(O)C1CCCCCN1. The minimum atomic E-state index is -0.420. The predicted octanol–water partition coefficient (Wildman–Crippen LogP) is 1.55. The minimum absolute atomic E-state index is 0.187. The largest absolute Gasteiger partial charge is 0.387 e. The Bertz CT molecular complexity index is 354. The van der Waals surface area contributed by atoms with Crippen molar-refractivity contribution in [2.45, 2.75) is 51.2 Å². The number of aryl methyl sites for hydroxylation is 2. The molecule has 0 amide bonds. The fourth-order valence-electron chi connectivity index (χ4n) is 2.62. The smallest absolute Gasteiger partial charge is 0.0975 e. The highest BCUT2D eigenvalue weighted by Crippen LogP contribution is 2.25. The molecule has 1 aromatic rings. The maximum Gasteiger partial charge on any atom is 0.0975 e. The van der Waals surface area contributed by atoms with Crippen LogP contribution in [0.3, 0.4) is 0 Å². The fourth-order valence-corrected chi connectivity index (χ4v) is 2.62. The van der Waals surface area contributed by atoms with Crippen LogP contribution in [0.15, 0.2) is 6.20 Å². The van der Waals surface area contributed by atoms with Crippen LogP contribution in [0.2, 0.25) is 0 Å². The van der Waals surface area contributed by atoms with Gasteiger partial charge in [0.15, 0.2) is 0 Å². The molecule has 0 aromatic carbocycles. The Hall–Kier alpha value is -0.870.